The number of imide groups is 4. The highest BCUT2D eigenvalue weighted by molar-refractivity contribution is 6.07. The van der Waals surface area contributed by atoms with E-state index in [1.165, 1.54) is 13.8 Å². The quantitative estimate of drug-likeness (QED) is 0.428. The van der Waals surface area contributed by atoms with Crippen molar-refractivity contribution in [3.63, 3.8) is 0 Å². The molecule has 0 radical (unpaired) electrons. The van der Waals surface area contributed by atoms with Crippen molar-refractivity contribution >= 4 is 41.5 Å². The standard InChI is InChI=1S/C7H10N2O4.C5H8N2O3/c1-4(10)8-6(12)3-7(13)9-5(2)11;1-3(8)6-5(10)7-4(2)9/h3H2,1-2H3,(H,8,10,12)(H,9,11,13);1-2H3,(H2,6,7,8,9,10). The molecule has 11 nitrogen and oxygen atoms in total. The molecule has 8 amide bonds. The first-order valence-electron chi connectivity index (χ1n) is 6.14. The van der Waals surface area contributed by atoms with E-state index in [0.717, 1.165) is 13.8 Å². The van der Waals surface area contributed by atoms with Crippen LogP contribution in [0, 0.1) is 0 Å². The van der Waals surface area contributed by atoms with E-state index < -0.39 is 47.9 Å². The Hall–Kier alpha value is -3.11. The Morgan fingerprint density at radius 3 is 1.00 bits per heavy atom. The van der Waals surface area contributed by atoms with Crippen LogP contribution in [0.2, 0.25) is 0 Å². The summed E-state index contributed by atoms with van der Waals surface area (Å²) in [7, 11) is 0. The molecule has 0 aliphatic rings. The summed E-state index contributed by atoms with van der Waals surface area (Å²) in [5, 5.41) is 7.52. The molecule has 128 valence electrons. The van der Waals surface area contributed by atoms with Gasteiger partial charge in [-0.15, -0.1) is 0 Å². The molecule has 4 N–H and O–H groups in total. The highest BCUT2D eigenvalue weighted by Crippen LogP contribution is 1.80. The Bertz CT molecular complexity index is 484. The predicted molar refractivity (Wildman–Crippen MR) is 75.3 cm³/mol. The second-order valence-electron chi connectivity index (χ2n) is 4.08. The Kier molecular flexibility index (Phi) is 11.1. The lowest BCUT2D eigenvalue weighted by Crippen LogP contribution is -2.40. The molecule has 23 heavy (non-hydrogen) atoms. The van der Waals surface area contributed by atoms with Crippen LogP contribution in [-0.2, 0) is 28.8 Å². The summed E-state index contributed by atoms with van der Waals surface area (Å²) in [6, 6.07) is -0.792. The van der Waals surface area contributed by atoms with E-state index in [0.29, 0.717) is 0 Å². The minimum absolute atomic E-state index is 0.501. The van der Waals surface area contributed by atoms with E-state index in [1.807, 2.05) is 21.3 Å². The van der Waals surface area contributed by atoms with Crippen LogP contribution in [0.5, 0.6) is 0 Å². The zero-order chi connectivity index (χ0) is 18.6. The second kappa shape index (κ2) is 11.5. The fourth-order valence-corrected chi connectivity index (χ4v) is 0.978. The Balaban J connectivity index is 0. The van der Waals surface area contributed by atoms with Crippen LogP contribution >= 0.6 is 0 Å². The van der Waals surface area contributed by atoms with Crippen LogP contribution in [0.4, 0.5) is 4.79 Å². The first kappa shape index (κ1) is 22.2. The van der Waals surface area contributed by atoms with Gasteiger partial charge < -0.3 is 0 Å². The maximum atomic E-state index is 10.7. The number of amides is 8. The van der Waals surface area contributed by atoms with E-state index in [9.17, 15) is 33.6 Å². The molecule has 0 unspecified atom stereocenters. The first-order chi connectivity index (χ1) is 10.4. The molecular weight excluding hydrogens is 312 g/mol. The molecular formula is C12H18N4O7. The number of urea groups is 1. The molecule has 0 spiro atoms. The van der Waals surface area contributed by atoms with Gasteiger partial charge in [0, 0.05) is 27.7 Å². The van der Waals surface area contributed by atoms with Gasteiger partial charge in [-0.2, -0.15) is 0 Å². The van der Waals surface area contributed by atoms with E-state index in [1.54, 1.807) is 0 Å². The molecule has 0 aliphatic carbocycles. The first-order valence-corrected chi connectivity index (χ1v) is 6.14. The number of carbonyl (C=O) groups is 7. The zero-order valence-corrected chi connectivity index (χ0v) is 13.1. The van der Waals surface area contributed by atoms with Gasteiger partial charge in [0.25, 0.3) is 0 Å². The third kappa shape index (κ3) is 18.9. The molecule has 0 saturated heterocycles. The third-order valence-corrected chi connectivity index (χ3v) is 1.53. The van der Waals surface area contributed by atoms with Crippen molar-refractivity contribution in [1.29, 1.82) is 0 Å². The van der Waals surface area contributed by atoms with Crippen molar-refractivity contribution < 1.29 is 33.6 Å². The van der Waals surface area contributed by atoms with Crippen LogP contribution < -0.4 is 21.3 Å². The van der Waals surface area contributed by atoms with Gasteiger partial charge in [0.1, 0.15) is 6.42 Å². The van der Waals surface area contributed by atoms with Crippen molar-refractivity contribution in [2.24, 2.45) is 0 Å². The SMILES string of the molecule is CC(=O)NC(=O)CC(=O)NC(C)=O.CC(=O)NC(=O)NC(C)=O. The molecule has 0 aliphatic heterocycles. The van der Waals surface area contributed by atoms with Crippen LogP contribution in [0.3, 0.4) is 0 Å². The molecule has 0 bridgehead atoms. The van der Waals surface area contributed by atoms with Gasteiger partial charge in [0.05, 0.1) is 0 Å². The minimum Gasteiger partial charge on any atom is -0.296 e. The van der Waals surface area contributed by atoms with E-state index in [-0.39, 0.29) is 0 Å². The molecule has 0 fully saturated rings. The van der Waals surface area contributed by atoms with Gasteiger partial charge in [-0.05, 0) is 0 Å². The lowest BCUT2D eigenvalue weighted by atomic mass is 10.3. The number of carbonyl (C=O) groups excluding carboxylic acids is 7. The molecule has 0 aromatic heterocycles. The predicted octanol–water partition coefficient (Wildman–Crippen LogP) is -1.92. The summed E-state index contributed by atoms with van der Waals surface area (Å²) in [6.07, 6.45) is -0.529. The van der Waals surface area contributed by atoms with Gasteiger partial charge in [-0.25, -0.2) is 4.79 Å². The van der Waals surface area contributed by atoms with E-state index in [4.69, 9.17) is 0 Å². The molecule has 0 rings (SSSR count). The fraction of sp³-hybridized carbons (Fsp3) is 0.417. The zero-order valence-electron chi connectivity index (χ0n) is 13.1. The molecule has 0 saturated carbocycles. The second-order valence-corrected chi connectivity index (χ2v) is 4.08. The van der Waals surface area contributed by atoms with Crippen molar-refractivity contribution in [2.75, 3.05) is 0 Å². The maximum absolute atomic E-state index is 10.7. The van der Waals surface area contributed by atoms with Crippen LogP contribution in [0.15, 0.2) is 0 Å². The highest BCUT2D eigenvalue weighted by Gasteiger charge is 2.10. The Labute approximate surface area is 131 Å². The average Bonchev–Trinajstić information content (AvgIpc) is 2.23. The molecule has 0 heterocycles. The number of hydrogen-bond acceptors (Lipinski definition) is 7. The molecule has 11 heteroatoms. The van der Waals surface area contributed by atoms with Gasteiger partial charge in [0.2, 0.25) is 35.4 Å². The van der Waals surface area contributed by atoms with E-state index >= 15 is 0 Å². The Morgan fingerprint density at radius 2 is 0.783 bits per heavy atom. The highest BCUT2D eigenvalue weighted by atomic mass is 16.2. The van der Waals surface area contributed by atoms with Gasteiger partial charge in [-0.1, -0.05) is 0 Å². The van der Waals surface area contributed by atoms with Crippen molar-refractivity contribution in [3.05, 3.63) is 0 Å². The summed E-state index contributed by atoms with van der Waals surface area (Å²) in [5.41, 5.74) is 0. The van der Waals surface area contributed by atoms with Crippen LogP contribution in [-0.4, -0.2) is 41.5 Å². The van der Waals surface area contributed by atoms with E-state index in [2.05, 4.69) is 0 Å². The summed E-state index contributed by atoms with van der Waals surface area (Å²) >= 11 is 0. The molecule has 0 aromatic carbocycles. The summed E-state index contributed by atoms with van der Waals surface area (Å²) in [4.78, 5) is 72.8. The topological polar surface area (TPSA) is 168 Å². The average molecular weight is 330 g/mol. The van der Waals surface area contributed by atoms with Crippen molar-refractivity contribution in [1.82, 2.24) is 21.3 Å². The largest absolute Gasteiger partial charge is 0.328 e. The molecule has 0 aromatic rings. The van der Waals surface area contributed by atoms with Gasteiger partial charge in [-0.3, -0.25) is 50.0 Å². The van der Waals surface area contributed by atoms with Gasteiger partial charge in [0.15, 0.2) is 0 Å². The normalized spacial score (nSPS) is 8.52. The number of rotatable bonds is 2. The summed E-state index contributed by atoms with van der Waals surface area (Å²) < 4.78 is 0. The lowest BCUT2D eigenvalue weighted by molar-refractivity contribution is -0.134. The monoisotopic (exact) mass is 330 g/mol. The lowest BCUT2D eigenvalue weighted by Gasteiger charge is -2.00. The number of hydrogen-bond donors (Lipinski definition) is 4. The Morgan fingerprint density at radius 1 is 0.522 bits per heavy atom. The van der Waals surface area contributed by atoms with Crippen molar-refractivity contribution in [2.45, 2.75) is 34.1 Å². The fourth-order valence-electron chi connectivity index (χ4n) is 0.978. The smallest absolute Gasteiger partial charge is 0.296 e. The van der Waals surface area contributed by atoms with Crippen molar-refractivity contribution in [3.8, 4) is 0 Å². The molecule has 0 atom stereocenters. The minimum atomic E-state index is -0.792. The summed E-state index contributed by atoms with van der Waals surface area (Å²) in [5.74, 6) is -3.55. The maximum Gasteiger partial charge on any atom is 0.328 e. The number of nitrogens with one attached hydrogen (secondary N) is 4. The van der Waals surface area contributed by atoms with Crippen LogP contribution in [0.1, 0.15) is 34.1 Å². The summed E-state index contributed by atoms with van der Waals surface area (Å²) in [6.45, 7) is 4.67. The third-order valence-electron chi connectivity index (χ3n) is 1.53. The van der Waals surface area contributed by atoms with Gasteiger partial charge >= 0.3 is 6.03 Å². The van der Waals surface area contributed by atoms with Crippen LogP contribution in [0.25, 0.3) is 0 Å².